The zero-order valence-corrected chi connectivity index (χ0v) is 11.6. The van der Waals surface area contributed by atoms with Gasteiger partial charge in [-0.2, -0.15) is 0 Å². The molecule has 0 rings (SSSR count). The summed E-state index contributed by atoms with van der Waals surface area (Å²) in [5, 5.41) is 3.40. The quantitative estimate of drug-likeness (QED) is 0.516. The zero-order valence-electron chi connectivity index (χ0n) is 11.6. The minimum Gasteiger partial charge on any atom is -0.380 e. The fourth-order valence-electron chi connectivity index (χ4n) is 1.72. The summed E-state index contributed by atoms with van der Waals surface area (Å²) in [5.41, 5.74) is 0. The summed E-state index contributed by atoms with van der Waals surface area (Å²) >= 11 is 0. The molecule has 0 fully saturated rings. The summed E-state index contributed by atoms with van der Waals surface area (Å²) in [6, 6.07) is 0. The number of hydrogen-bond donors (Lipinski definition) is 1. The highest BCUT2D eigenvalue weighted by Crippen LogP contribution is 2.12. The molecule has 98 valence electrons. The predicted molar refractivity (Wildman–Crippen MR) is 71.9 cm³/mol. The first kappa shape index (κ1) is 15.9. The summed E-state index contributed by atoms with van der Waals surface area (Å²) in [5.74, 6) is 0.774. The Morgan fingerprint density at radius 1 is 1.00 bits per heavy atom. The number of nitrogens with one attached hydrogen (secondary N) is 1. The molecular formula is C14H31NO. The SMILES string of the molecule is CCCCNCCOCC(CC)CCCC. The van der Waals surface area contributed by atoms with Crippen molar-refractivity contribution in [1.29, 1.82) is 0 Å². The largest absolute Gasteiger partial charge is 0.380 e. The molecule has 0 heterocycles. The molecule has 0 aromatic carbocycles. The maximum atomic E-state index is 5.70. The van der Waals surface area contributed by atoms with Gasteiger partial charge in [0.2, 0.25) is 0 Å². The Hall–Kier alpha value is -0.0800. The van der Waals surface area contributed by atoms with Crippen molar-refractivity contribution >= 4 is 0 Å². The molecule has 0 saturated carbocycles. The molecule has 0 saturated heterocycles. The first-order chi connectivity index (χ1) is 7.85. The zero-order chi connectivity index (χ0) is 12.1. The molecule has 0 aromatic rings. The maximum absolute atomic E-state index is 5.70. The van der Waals surface area contributed by atoms with Gasteiger partial charge >= 0.3 is 0 Å². The lowest BCUT2D eigenvalue weighted by molar-refractivity contribution is 0.0957. The molecule has 2 nitrogen and oxygen atoms in total. The van der Waals surface area contributed by atoms with Gasteiger partial charge in [-0.1, -0.05) is 46.5 Å². The third kappa shape index (κ3) is 10.4. The van der Waals surface area contributed by atoms with Crippen LogP contribution in [0.5, 0.6) is 0 Å². The third-order valence-corrected chi connectivity index (χ3v) is 3.03. The average molecular weight is 229 g/mol. The molecule has 1 N–H and O–H groups in total. The van der Waals surface area contributed by atoms with Crippen LogP contribution in [0.1, 0.15) is 59.3 Å². The lowest BCUT2D eigenvalue weighted by atomic mass is 10.0. The first-order valence-corrected chi connectivity index (χ1v) is 7.13. The molecule has 0 radical (unpaired) electrons. The molecule has 16 heavy (non-hydrogen) atoms. The van der Waals surface area contributed by atoms with E-state index >= 15 is 0 Å². The van der Waals surface area contributed by atoms with Crippen LogP contribution in [0.2, 0.25) is 0 Å². The monoisotopic (exact) mass is 229 g/mol. The van der Waals surface area contributed by atoms with Crippen LogP contribution in [0.4, 0.5) is 0 Å². The standard InChI is InChI=1S/C14H31NO/c1-4-7-9-14(6-3)13-16-12-11-15-10-8-5-2/h14-15H,4-13H2,1-3H3. The smallest absolute Gasteiger partial charge is 0.0591 e. The molecule has 0 aromatic heterocycles. The maximum Gasteiger partial charge on any atom is 0.0591 e. The van der Waals surface area contributed by atoms with Gasteiger partial charge in [0.05, 0.1) is 6.61 Å². The fraction of sp³-hybridized carbons (Fsp3) is 1.00. The summed E-state index contributed by atoms with van der Waals surface area (Å²) in [6.45, 7) is 10.7. The average Bonchev–Trinajstić information content (AvgIpc) is 2.32. The van der Waals surface area contributed by atoms with Gasteiger partial charge in [0.1, 0.15) is 0 Å². The van der Waals surface area contributed by atoms with Crippen LogP contribution in [-0.2, 0) is 4.74 Å². The predicted octanol–water partition coefficient (Wildman–Crippen LogP) is 3.61. The van der Waals surface area contributed by atoms with Gasteiger partial charge in [0, 0.05) is 13.2 Å². The molecule has 1 unspecified atom stereocenters. The van der Waals surface area contributed by atoms with Gasteiger partial charge in [0.25, 0.3) is 0 Å². The molecule has 0 amide bonds. The van der Waals surface area contributed by atoms with Crippen LogP contribution in [0.25, 0.3) is 0 Å². The van der Waals surface area contributed by atoms with Gasteiger partial charge in [0.15, 0.2) is 0 Å². The van der Waals surface area contributed by atoms with E-state index in [1.165, 1.54) is 38.5 Å². The van der Waals surface area contributed by atoms with Crippen molar-refractivity contribution in [2.24, 2.45) is 5.92 Å². The number of rotatable bonds is 12. The molecule has 0 bridgehead atoms. The highest BCUT2D eigenvalue weighted by molar-refractivity contribution is 4.56. The third-order valence-electron chi connectivity index (χ3n) is 3.03. The van der Waals surface area contributed by atoms with Crippen LogP contribution in [0.15, 0.2) is 0 Å². The Morgan fingerprint density at radius 2 is 1.75 bits per heavy atom. The molecule has 1 atom stereocenters. The number of hydrogen-bond acceptors (Lipinski definition) is 2. The fourth-order valence-corrected chi connectivity index (χ4v) is 1.72. The van der Waals surface area contributed by atoms with Crippen molar-refractivity contribution in [2.45, 2.75) is 59.3 Å². The van der Waals surface area contributed by atoms with E-state index in [1.807, 2.05) is 0 Å². The molecule has 2 heteroatoms. The van der Waals surface area contributed by atoms with E-state index in [1.54, 1.807) is 0 Å². The van der Waals surface area contributed by atoms with E-state index < -0.39 is 0 Å². The van der Waals surface area contributed by atoms with Crippen molar-refractivity contribution in [3.05, 3.63) is 0 Å². The van der Waals surface area contributed by atoms with Gasteiger partial charge in [-0.3, -0.25) is 0 Å². The van der Waals surface area contributed by atoms with Crippen LogP contribution in [0, 0.1) is 5.92 Å². The Morgan fingerprint density at radius 3 is 2.38 bits per heavy atom. The van der Waals surface area contributed by atoms with Crippen molar-refractivity contribution in [3.8, 4) is 0 Å². The van der Waals surface area contributed by atoms with E-state index in [0.717, 1.165) is 32.2 Å². The van der Waals surface area contributed by atoms with Crippen molar-refractivity contribution < 1.29 is 4.74 Å². The summed E-state index contributed by atoms with van der Waals surface area (Å²) in [4.78, 5) is 0. The van der Waals surface area contributed by atoms with Gasteiger partial charge in [-0.25, -0.2) is 0 Å². The molecular weight excluding hydrogens is 198 g/mol. The van der Waals surface area contributed by atoms with E-state index in [2.05, 4.69) is 26.1 Å². The van der Waals surface area contributed by atoms with E-state index in [0.29, 0.717) is 0 Å². The second-order valence-corrected chi connectivity index (χ2v) is 4.59. The molecule has 0 aliphatic rings. The van der Waals surface area contributed by atoms with Crippen LogP contribution in [-0.4, -0.2) is 26.3 Å². The molecule has 0 spiro atoms. The van der Waals surface area contributed by atoms with Gasteiger partial charge < -0.3 is 10.1 Å². The Kier molecular flexibility index (Phi) is 12.9. The van der Waals surface area contributed by atoms with Crippen LogP contribution in [0.3, 0.4) is 0 Å². The van der Waals surface area contributed by atoms with E-state index in [4.69, 9.17) is 4.74 Å². The Labute approximate surface area is 102 Å². The highest BCUT2D eigenvalue weighted by atomic mass is 16.5. The number of unbranched alkanes of at least 4 members (excludes halogenated alkanes) is 2. The van der Waals surface area contributed by atoms with E-state index in [9.17, 15) is 0 Å². The summed E-state index contributed by atoms with van der Waals surface area (Å²) < 4.78 is 5.70. The minimum absolute atomic E-state index is 0.774. The minimum atomic E-state index is 0.774. The van der Waals surface area contributed by atoms with Crippen molar-refractivity contribution in [2.75, 3.05) is 26.3 Å². The second-order valence-electron chi connectivity index (χ2n) is 4.59. The van der Waals surface area contributed by atoms with E-state index in [-0.39, 0.29) is 0 Å². The Bertz CT molecular complexity index is 128. The highest BCUT2D eigenvalue weighted by Gasteiger charge is 2.05. The lowest BCUT2D eigenvalue weighted by Crippen LogP contribution is -2.22. The van der Waals surface area contributed by atoms with Gasteiger partial charge in [-0.15, -0.1) is 0 Å². The van der Waals surface area contributed by atoms with Crippen LogP contribution < -0.4 is 5.32 Å². The molecule has 0 aliphatic heterocycles. The summed E-state index contributed by atoms with van der Waals surface area (Å²) in [6.07, 6.45) is 7.77. The Balaban J connectivity index is 3.20. The van der Waals surface area contributed by atoms with Crippen LogP contribution >= 0.6 is 0 Å². The number of ether oxygens (including phenoxy) is 1. The normalized spacial score (nSPS) is 12.9. The second kappa shape index (κ2) is 13.0. The lowest BCUT2D eigenvalue weighted by Gasteiger charge is -2.14. The first-order valence-electron chi connectivity index (χ1n) is 7.13. The van der Waals surface area contributed by atoms with Gasteiger partial charge in [-0.05, 0) is 25.3 Å². The molecule has 0 aliphatic carbocycles. The van der Waals surface area contributed by atoms with Crippen molar-refractivity contribution in [1.82, 2.24) is 5.32 Å². The summed E-state index contributed by atoms with van der Waals surface area (Å²) in [7, 11) is 0. The van der Waals surface area contributed by atoms with Crippen molar-refractivity contribution in [3.63, 3.8) is 0 Å². The topological polar surface area (TPSA) is 21.3 Å².